The molecular weight excluding hydrogens is 525 g/mol. The maximum absolute atomic E-state index is 13.6. The minimum Gasteiger partial charge on any atom is -0.483 e. The van der Waals surface area contributed by atoms with Crippen LogP contribution in [0.4, 0.5) is 18.9 Å². The number of halogens is 4. The summed E-state index contributed by atoms with van der Waals surface area (Å²) >= 11 is 7.24. The van der Waals surface area contributed by atoms with Crippen LogP contribution in [0.25, 0.3) is 5.69 Å². The quantitative estimate of drug-likeness (QED) is 0.348. The van der Waals surface area contributed by atoms with Gasteiger partial charge in [0.1, 0.15) is 5.69 Å². The van der Waals surface area contributed by atoms with Crippen LogP contribution < -0.4 is 15.2 Å². The third-order valence-electron chi connectivity index (χ3n) is 6.55. The van der Waals surface area contributed by atoms with Crippen molar-refractivity contribution in [1.82, 2.24) is 14.1 Å². The minimum atomic E-state index is -4.41. The van der Waals surface area contributed by atoms with Crippen molar-refractivity contribution in [3.63, 3.8) is 0 Å². The Labute approximate surface area is 222 Å². The van der Waals surface area contributed by atoms with Crippen molar-refractivity contribution in [2.24, 2.45) is 0 Å². The first kappa shape index (κ1) is 25.9. The van der Waals surface area contributed by atoms with Gasteiger partial charge in [-0.15, -0.1) is 0 Å². The molecule has 1 saturated heterocycles. The highest BCUT2D eigenvalue weighted by molar-refractivity contribution is 7.97. The molecule has 196 valence electrons. The van der Waals surface area contributed by atoms with E-state index in [4.69, 9.17) is 16.3 Å². The van der Waals surface area contributed by atoms with Gasteiger partial charge in [0.25, 0.3) is 0 Å². The summed E-state index contributed by atoms with van der Waals surface area (Å²) in [5.41, 5.74) is 0.159. The molecular formula is C26H26ClF3N4O2S. The molecule has 2 aromatic carbocycles. The van der Waals surface area contributed by atoms with E-state index in [1.165, 1.54) is 16.8 Å². The average Bonchev–Trinajstić information content (AvgIpc) is 3.39. The van der Waals surface area contributed by atoms with Crippen molar-refractivity contribution >= 4 is 29.2 Å². The summed E-state index contributed by atoms with van der Waals surface area (Å²) in [5, 5.41) is 4.90. The highest BCUT2D eigenvalue weighted by Crippen LogP contribution is 2.38. The van der Waals surface area contributed by atoms with Gasteiger partial charge in [0.05, 0.1) is 23.6 Å². The number of anilines is 1. The number of aromatic nitrogens is 2. The molecule has 1 aromatic heterocycles. The van der Waals surface area contributed by atoms with E-state index in [1.54, 1.807) is 36.5 Å². The number of rotatable bonds is 6. The molecule has 1 aliphatic carbocycles. The molecule has 0 N–H and O–H groups in total. The lowest BCUT2D eigenvalue weighted by molar-refractivity contribution is -0.139. The Balaban J connectivity index is 1.37. The van der Waals surface area contributed by atoms with Gasteiger partial charge in [-0.25, -0.2) is 4.31 Å². The Morgan fingerprint density at radius 2 is 1.73 bits per heavy atom. The summed E-state index contributed by atoms with van der Waals surface area (Å²) in [6, 6.07) is 12.5. The number of hydrogen-bond acceptors (Lipinski definition) is 6. The highest BCUT2D eigenvalue weighted by atomic mass is 35.5. The maximum Gasteiger partial charge on any atom is 0.417 e. The molecule has 0 amide bonds. The van der Waals surface area contributed by atoms with Crippen molar-refractivity contribution in [2.45, 2.75) is 42.9 Å². The first-order valence-electron chi connectivity index (χ1n) is 12.2. The highest BCUT2D eigenvalue weighted by Gasteiger charge is 2.34. The molecule has 5 rings (SSSR count). The zero-order valence-corrected chi connectivity index (χ0v) is 21.5. The van der Waals surface area contributed by atoms with E-state index < -0.39 is 11.7 Å². The van der Waals surface area contributed by atoms with Crippen LogP contribution in [0.5, 0.6) is 5.75 Å². The summed E-state index contributed by atoms with van der Waals surface area (Å²) in [5.74, 6) is 0.255. The van der Waals surface area contributed by atoms with Gasteiger partial charge >= 0.3 is 11.7 Å². The smallest absolute Gasteiger partial charge is 0.417 e. The van der Waals surface area contributed by atoms with E-state index in [1.807, 2.05) is 9.21 Å². The lowest BCUT2D eigenvalue weighted by atomic mass is 10.2. The Morgan fingerprint density at radius 1 is 1.00 bits per heavy atom. The van der Waals surface area contributed by atoms with Gasteiger partial charge in [-0.1, -0.05) is 29.8 Å². The van der Waals surface area contributed by atoms with Gasteiger partial charge in [0, 0.05) is 36.1 Å². The van der Waals surface area contributed by atoms with Gasteiger partial charge in [-0.05, 0) is 68.0 Å². The van der Waals surface area contributed by atoms with Gasteiger partial charge in [-0.3, -0.25) is 4.79 Å². The lowest BCUT2D eigenvalue weighted by Gasteiger charge is -2.36. The fourth-order valence-electron chi connectivity index (χ4n) is 4.67. The van der Waals surface area contributed by atoms with Crippen LogP contribution in [-0.4, -0.2) is 46.4 Å². The van der Waals surface area contributed by atoms with Gasteiger partial charge in [0.15, 0.2) is 0 Å². The largest absolute Gasteiger partial charge is 0.483 e. The molecule has 0 unspecified atom stereocenters. The monoisotopic (exact) mass is 550 g/mol. The first-order valence-corrected chi connectivity index (χ1v) is 13.3. The zero-order chi connectivity index (χ0) is 26.0. The first-order chi connectivity index (χ1) is 17.8. The summed E-state index contributed by atoms with van der Waals surface area (Å²) in [6.07, 6.45) is 1.09. The zero-order valence-electron chi connectivity index (χ0n) is 20.0. The fraction of sp³-hybridized carbons (Fsp3) is 0.385. The topological polar surface area (TPSA) is 50.6 Å². The Bertz CT molecular complexity index is 1310. The summed E-state index contributed by atoms with van der Waals surface area (Å²) in [7, 11) is 0. The summed E-state index contributed by atoms with van der Waals surface area (Å²) in [4.78, 5) is 15.8. The molecule has 0 atom stereocenters. The lowest BCUT2D eigenvalue weighted by Crippen LogP contribution is -2.44. The second-order valence-electron chi connectivity index (χ2n) is 9.08. The summed E-state index contributed by atoms with van der Waals surface area (Å²) in [6.45, 7) is 2.06. The number of alkyl halides is 3. The minimum absolute atomic E-state index is 0.0302. The van der Waals surface area contributed by atoms with Crippen LogP contribution in [0.3, 0.4) is 0 Å². The number of piperazine rings is 1. The number of benzene rings is 2. The van der Waals surface area contributed by atoms with Crippen LogP contribution in [-0.2, 0) is 6.18 Å². The maximum atomic E-state index is 13.6. The molecule has 11 heteroatoms. The Morgan fingerprint density at radius 3 is 2.43 bits per heavy atom. The fourth-order valence-corrected chi connectivity index (χ4v) is 5.90. The van der Waals surface area contributed by atoms with Crippen molar-refractivity contribution in [3.8, 4) is 11.4 Å². The number of hydrogen-bond donors (Lipinski definition) is 0. The third kappa shape index (κ3) is 5.91. The molecule has 37 heavy (non-hydrogen) atoms. The molecule has 0 radical (unpaired) electrons. The van der Waals surface area contributed by atoms with Gasteiger partial charge in [0.2, 0.25) is 5.75 Å². The van der Waals surface area contributed by atoms with Crippen LogP contribution >= 0.6 is 23.5 Å². The predicted molar refractivity (Wildman–Crippen MR) is 139 cm³/mol. The molecule has 0 spiro atoms. The normalized spacial score (nSPS) is 17.4. The molecule has 2 aliphatic rings. The van der Waals surface area contributed by atoms with Crippen molar-refractivity contribution in [1.29, 1.82) is 0 Å². The average molecular weight is 551 g/mol. The molecule has 2 heterocycles. The third-order valence-corrected chi connectivity index (χ3v) is 7.96. The second-order valence-corrected chi connectivity index (χ2v) is 10.7. The van der Waals surface area contributed by atoms with Crippen LogP contribution in [0.1, 0.15) is 31.2 Å². The summed E-state index contributed by atoms with van der Waals surface area (Å²) < 4.78 is 49.7. The number of ether oxygens (including phenoxy) is 1. The molecule has 6 nitrogen and oxygen atoms in total. The van der Waals surface area contributed by atoms with Crippen molar-refractivity contribution in [2.75, 3.05) is 31.1 Å². The van der Waals surface area contributed by atoms with E-state index in [2.05, 4.69) is 5.10 Å². The standard InChI is InChI=1S/C26H26ClF3N4O2S/c27-18-6-5-7-19(16-18)34-25(35)24(36-20-8-1-2-9-20)22(17-31-34)32-12-14-33(15-13-32)37-23-11-4-3-10-21(23)26(28,29)30/h3-7,10-11,16-17,20H,1-2,8-9,12-15H2. The van der Waals surface area contributed by atoms with E-state index in [0.717, 1.165) is 43.7 Å². The van der Waals surface area contributed by atoms with Crippen LogP contribution in [0, 0.1) is 0 Å². The van der Waals surface area contributed by atoms with Gasteiger partial charge in [-0.2, -0.15) is 23.0 Å². The molecule has 0 bridgehead atoms. The van der Waals surface area contributed by atoms with E-state index in [0.29, 0.717) is 42.6 Å². The Kier molecular flexibility index (Phi) is 7.69. The van der Waals surface area contributed by atoms with E-state index >= 15 is 0 Å². The van der Waals surface area contributed by atoms with E-state index in [-0.39, 0.29) is 22.3 Å². The second kappa shape index (κ2) is 11.0. The van der Waals surface area contributed by atoms with Gasteiger partial charge < -0.3 is 9.64 Å². The molecule has 1 aliphatic heterocycles. The Hall–Kier alpha value is -2.69. The SMILES string of the molecule is O=c1c(OC2CCCC2)c(N2CCN(Sc3ccccc3C(F)(F)F)CC2)cnn1-c1cccc(Cl)c1. The molecule has 3 aromatic rings. The van der Waals surface area contributed by atoms with Crippen LogP contribution in [0.2, 0.25) is 5.02 Å². The number of nitrogens with zero attached hydrogens (tertiary/aromatic N) is 4. The molecule has 1 saturated carbocycles. The predicted octanol–water partition coefficient (Wildman–Crippen LogP) is 6.06. The van der Waals surface area contributed by atoms with Crippen LogP contribution in [0.15, 0.2) is 64.4 Å². The van der Waals surface area contributed by atoms with Crippen molar-refractivity contribution < 1.29 is 17.9 Å². The van der Waals surface area contributed by atoms with E-state index in [9.17, 15) is 18.0 Å². The van der Waals surface area contributed by atoms with Crippen molar-refractivity contribution in [3.05, 3.63) is 75.7 Å². The molecule has 2 fully saturated rings.